The molecule has 1 rings (SSSR count). The molecule has 0 amide bonds. The number of rotatable bonds is 8. The summed E-state index contributed by atoms with van der Waals surface area (Å²) < 4.78 is 10.4. The normalized spacial score (nSPS) is 19.0. The first-order valence-corrected chi connectivity index (χ1v) is 8.32. The molecule has 2 atom stereocenters. The van der Waals surface area contributed by atoms with Crippen LogP contribution in [-0.2, 0) is 19.1 Å². The highest BCUT2D eigenvalue weighted by atomic mass is 16.5. The summed E-state index contributed by atoms with van der Waals surface area (Å²) in [5, 5.41) is 9.79. The molecule has 5 nitrogen and oxygen atoms in total. The summed E-state index contributed by atoms with van der Waals surface area (Å²) in [4.78, 5) is 25.1. The van der Waals surface area contributed by atoms with Gasteiger partial charge in [0.05, 0.1) is 25.2 Å². The van der Waals surface area contributed by atoms with E-state index in [0.717, 1.165) is 25.7 Å². The summed E-state index contributed by atoms with van der Waals surface area (Å²) in [5.41, 5.74) is -1.42. The molecule has 124 valence electrons. The lowest BCUT2D eigenvalue weighted by molar-refractivity contribution is -0.168. The third kappa shape index (κ3) is 3.79. The fourth-order valence-electron chi connectivity index (χ4n) is 3.53. The van der Waals surface area contributed by atoms with Crippen molar-refractivity contribution >= 4 is 11.9 Å². The Morgan fingerprint density at radius 2 is 1.77 bits per heavy atom. The predicted octanol–water partition coefficient (Wildman–Crippen LogP) is 3.23. The Morgan fingerprint density at radius 3 is 2.23 bits per heavy atom. The van der Waals surface area contributed by atoms with E-state index in [4.69, 9.17) is 9.47 Å². The molecule has 0 aliphatic heterocycles. The first kappa shape index (κ1) is 18.5. The van der Waals surface area contributed by atoms with Crippen molar-refractivity contribution in [3.05, 3.63) is 0 Å². The lowest BCUT2D eigenvalue weighted by atomic mass is 9.67. The van der Waals surface area contributed by atoms with Crippen molar-refractivity contribution in [1.29, 1.82) is 5.26 Å². The Kier molecular flexibility index (Phi) is 7.37. The standard InChI is InChI=1S/C17H27NO4/c1-4-11-17(12-18,16(20)22-6-3)14(15(19)21-5-2)13-9-7-8-10-13/h13-14H,4-11H2,1-3H3. The zero-order valence-corrected chi connectivity index (χ0v) is 13.9. The Morgan fingerprint density at radius 1 is 1.18 bits per heavy atom. The topological polar surface area (TPSA) is 76.4 Å². The third-order valence-electron chi connectivity index (χ3n) is 4.43. The van der Waals surface area contributed by atoms with Gasteiger partial charge in [0.1, 0.15) is 0 Å². The minimum atomic E-state index is -1.42. The highest BCUT2D eigenvalue weighted by Crippen LogP contribution is 2.45. The SMILES string of the molecule is CCCC(C#N)(C(=O)OCC)C(C(=O)OCC)C1CCCC1. The molecule has 0 aromatic carbocycles. The third-order valence-corrected chi connectivity index (χ3v) is 4.43. The summed E-state index contributed by atoms with van der Waals surface area (Å²) in [6.45, 7) is 5.80. The molecular weight excluding hydrogens is 282 g/mol. The van der Waals surface area contributed by atoms with E-state index in [0.29, 0.717) is 12.8 Å². The van der Waals surface area contributed by atoms with E-state index >= 15 is 0 Å². The molecule has 0 spiro atoms. The maximum absolute atomic E-state index is 12.5. The molecule has 0 aromatic rings. The molecule has 22 heavy (non-hydrogen) atoms. The van der Waals surface area contributed by atoms with Crippen molar-refractivity contribution in [3.8, 4) is 6.07 Å². The summed E-state index contributed by atoms with van der Waals surface area (Å²) in [7, 11) is 0. The first-order chi connectivity index (χ1) is 10.6. The van der Waals surface area contributed by atoms with Crippen LogP contribution in [0, 0.1) is 28.6 Å². The van der Waals surface area contributed by atoms with Crippen molar-refractivity contribution in [3.63, 3.8) is 0 Å². The molecule has 0 radical (unpaired) electrons. The molecule has 1 aliphatic rings. The molecule has 2 unspecified atom stereocenters. The fraction of sp³-hybridized carbons (Fsp3) is 0.824. The van der Waals surface area contributed by atoms with Gasteiger partial charge in [0.15, 0.2) is 5.41 Å². The second-order valence-corrected chi connectivity index (χ2v) is 5.83. The van der Waals surface area contributed by atoms with Crippen LogP contribution in [0.5, 0.6) is 0 Å². The van der Waals surface area contributed by atoms with Gasteiger partial charge >= 0.3 is 11.9 Å². The van der Waals surface area contributed by atoms with Crippen molar-refractivity contribution in [1.82, 2.24) is 0 Å². The van der Waals surface area contributed by atoms with Crippen molar-refractivity contribution in [2.75, 3.05) is 13.2 Å². The van der Waals surface area contributed by atoms with Gasteiger partial charge in [-0.05, 0) is 39.0 Å². The van der Waals surface area contributed by atoms with Crippen LogP contribution in [0.4, 0.5) is 0 Å². The maximum Gasteiger partial charge on any atom is 0.327 e. The van der Waals surface area contributed by atoms with Crippen LogP contribution in [0.3, 0.4) is 0 Å². The summed E-state index contributed by atoms with van der Waals surface area (Å²) in [6.07, 6.45) is 4.72. The van der Waals surface area contributed by atoms with Crippen LogP contribution in [0.1, 0.15) is 59.3 Å². The molecule has 0 heterocycles. The zero-order valence-electron chi connectivity index (χ0n) is 13.9. The minimum absolute atomic E-state index is 0.0228. The van der Waals surface area contributed by atoms with Gasteiger partial charge < -0.3 is 9.47 Å². The number of esters is 2. The van der Waals surface area contributed by atoms with Crippen LogP contribution in [0.2, 0.25) is 0 Å². The number of carbonyl (C=O) groups is 2. The number of hydrogen-bond donors (Lipinski definition) is 0. The van der Waals surface area contributed by atoms with E-state index in [-0.39, 0.29) is 19.1 Å². The van der Waals surface area contributed by atoms with Crippen molar-refractivity contribution in [2.45, 2.75) is 59.3 Å². The van der Waals surface area contributed by atoms with E-state index < -0.39 is 23.3 Å². The molecule has 0 aromatic heterocycles. The molecule has 1 fully saturated rings. The van der Waals surface area contributed by atoms with Crippen LogP contribution in [-0.4, -0.2) is 25.2 Å². The molecule has 0 N–H and O–H groups in total. The van der Waals surface area contributed by atoms with Crippen LogP contribution >= 0.6 is 0 Å². The first-order valence-electron chi connectivity index (χ1n) is 8.32. The van der Waals surface area contributed by atoms with E-state index in [9.17, 15) is 14.9 Å². The molecular formula is C17H27NO4. The zero-order chi connectivity index (χ0) is 16.6. The van der Waals surface area contributed by atoms with E-state index in [1.807, 2.05) is 6.92 Å². The highest BCUT2D eigenvalue weighted by molar-refractivity contribution is 5.88. The van der Waals surface area contributed by atoms with Crippen LogP contribution in [0.15, 0.2) is 0 Å². The van der Waals surface area contributed by atoms with Gasteiger partial charge in [-0.2, -0.15) is 5.26 Å². The number of nitrogens with zero attached hydrogens (tertiary/aromatic N) is 1. The van der Waals surface area contributed by atoms with Gasteiger partial charge in [-0.3, -0.25) is 9.59 Å². The van der Waals surface area contributed by atoms with Gasteiger partial charge in [0.2, 0.25) is 0 Å². The molecule has 0 bridgehead atoms. The van der Waals surface area contributed by atoms with Gasteiger partial charge in [-0.1, -0.05) is 26.2 Å². The van der Waals surface area contributed by atoms with Gasteiger partial charge in [0, 0.05) is 0 Å². The second kappa shape index (κ2) is 8.77. The Balaban J connectivity index is 3.24. The van der Waals surface area contributed by atoms with Gasteiger partial charge in [-0.25, -0.2) is 0 Å². The summed E-state index contributed by atoms with van der Waals surface area (Å²) in [5.74, 6) is -1.71. The lowest BCUT2D eigenvalue weighted by Crippen LogP contribution is -2.46. The fourth-order valence-corrected chi connectivity index (χ4v) is 3.53. The average Bonchev–Trinajstić information content (AvgIpc) is 3.00. The minimum Gasteiger partial charge on any atom is -0.466 e. The van der Waals surface area contributed by atoms with Crippen molar-refractivity contribution in [2.24, 2.45) is 17.3 Å². The highest BCUT2D eigenvalue weighted by Gasteiger charge is 2.54. The summed E-state index contributed by atoms with van der Waals surface area (Å²) >= 11 is 0. The lowest BCUT2D eigenvalue weighted by Gasteiger charge is -2.34. The Bertz CT molecular complexity index is 423. The average molecular weight is 309 g/mol. The van der Waals surface area contributed by atoms with Crippen LogP contribution < -0.4 is 0 Å². The van der Waals surface area contributed by atoms with Crippen LogP contribution in [0.25, 0.3) is 0 Å². The Labute approximate surface area is 133 Å². The summed E-state index contributed by atoms with van der Waals surface area (Å²) in [6, 6.07) is 2.14. The largest absolute Gasteiger partial charge is 0.466 e. The Hall–Kier alpha value is -1.57. The molecule has 1 aliphatic carbocycles. The monoisotopic (exact) mass is 309 g/mol. The maximum atomic E-state index is 12.5. The van der Waals surface area contributed by atoms with E-state index in [2.05, 4.69) is 6.07 Å². The van der Waals surface area contributed by atoms with Gasteiger partial charge in [0.25, 0.3) is 0 Å². The van der Waals surface area contributed by atoms with Crippen molar-refractivity contribution < 1.29 is 19.1 Å². The van der Waals surface area contributed by atoms with E-state index in [1.54, 1.807) is 13.8 Å². The predicted molar refractivity (Wildman–Crippen MR) is 81.7 cm³/mol. The molecule has 0 saturated heterocycles. The second-order valence-electron chi connectivity index (χ2n) is 5.83. The van der Waals surface area contributed by atoms with Gasteiger partial charge in [-0.15, -0.1) is 0 Å². The molecule has 1 saturated carbocycles. The number of hydrogen-bond acceptors (Lipinski definition) is 5. The smallest absolute Gasteiger partial charge is 0.327 e. The molecule has 5 heteroatoms. The van der Waals surface area contributed by atoms with E-state index in [1.165, 1.54) is 0 Å². The number of carbonyl (C=O) groups excluding carboxylic acids is 2. The quantitative estimate of drug-likeness (QED) is 0.643. The number of ether oxygens (including phenoxy) is 2. The number of nitriles is 1.